The second kappa shape index (κ2) is 6.62. The maximum absolute atomic E-state index is 6.04. The number of hydrogen-bond donors (Lipinski definition) is 2. The Morgan fingerprint density at radius 2 is 2.05 bits per heavy atom. The summed E-state index contributed by atoms with van der Waals surface area (Å²) in [4.78, 5) is 13.2. The van der Waals surface area contributed by atoms with E-state index < -0.39 is 0 Å². The van der Waals surface area contributed by atoms with Crippen LogP contribution in [-0.4, -0.2) is 48.1 Å². The van der Waals surface area contributed by atoms with E-state index >= 15 is 0 Å². The van der Waals surface area contributed by atoms with E-state index in [0.717, 1.165) is 43.2 Å². The summed E-state index contributed by atoms with van der Waals surface area (Å²) in [5.74, 6) is 0.982. The molecular weight excluding hydrogens is 276 g/mol. The largest absolute Gasteiger partial charge is 0.396 e. The van der Waals surface area contributed by atoms with Gasteiger partial charge in [0.25, 0.3) is 0 Å². The number of likely N-dealkylation sites (N-methyl/N-ethyl adjacent to an activating group) is 1. The Morgan fingerprint density at radius 1 is 1.23 bits per heavy atom. The quantitative estimate of drug-likeness (QED) is 0.890. The van der Waals surface area contributed by atoms with Crippen molar-refractivity contribution in [3.05, 3.63) is 42.4 Å². The van der Waals surface area contributed by atoms with Crippen LogP contribution in [-0.2, 0) is 6.54 Å². The van der Waals surface area contributed by atoms with E-state index in [2.05, 4.69) is 32.1 Å². The Bertz CT molecular complexity index is 607. The lowest BCUT2D eigenvalue weighted by atomic mass is 10.2. The van der Waals surface area contributed by atoms with Gasteiger partial charge in [0, 0.05) is 51.2 Å². The normalized spacial score (nSPS) is 15.8. The van der Waals surface area contributed by atoms with E-state index in [1.807, 2.05) is 24.4 Å². The number of hydrogen-bond acceptors (Lipinski definition) is 6. The number of nitrogens with one attached hydrogen (secondary N) is 1. The Labute approximate surface area is 131 Å². The third-order valence-corrected chi connectivity index (χ3v) is 3.95. The van der Waals surface area contributed by atoms with Crippen LogP contribution in [0.25, 0.3) is 0 Å². The van der Waals surface area contributed by atoms with Gasteiger partial charge in [-0.25, -0.2) is 4.98 Å². The fraction of sp³-hybridized carbons (Fsp3) is 0.375. The van der Waals surface area contributed by atoms with Gasteiger partial charge in [-0.1, -0.05) is 6.07 Å². The van der Waals surface area contributed by atoms with Crippen molar-refractivity contribution in [1.29, 1.82) is 0 Å². The second-order valence-corrected chi connectivity index (χ2v) is 5.63. The summed E-state index contributed by atoms with van der Waals surface area (Å²) in [5, 5.41) is 3.38. The van der Waals surface area contributed by atoms with E-state index in [4.69, 9.17) is 5.73 Å². The molecule has 3 rings (SSSR count). The van der Waals surface area contributed by atoms with Crippen molar-refractivity contribution in [2.24, 2.45) is 0 Å². The zero-order valence-electron chi connectivity index (χ0n) is 12.9. The minimum atomic E-state index is 0.668. The molecule has 0 unspecified atom stereocenters. The molecule has 1 saturated heterocycles. The Balaban J connectivity index is 1.70. The maximum atomic E-state index is 6.04. The van der Waals surface area contributed by atoms with Gasteiger partial charge in [0.2, 0.25) is 0 Å². The standard InChI is InChI=1S/C16H22N6/c1-21-5-7-22(8-6-21)16-9-15(14(17)12-20-16)19-11-13-3-2-4-18-10-13/h2-4,9-10,12H,5-8,11,17H2,1H3,(H,19,20). The highest BCUT2D eigenvalue weighted by atomic mass is 15.3. The molecule has 1 fully saturated rings. The summed E-state index contributed by atoms with van der Waals surface area (Å²) in [6.45, 7) is 4.81. The molecule has 116 valence electrons. The van der Waals surface area contributed by atoms with Gasteiger partial charge in [-0.15, -0.1) is 0 Å². The van der Waals surface area contributed by atoms with Gasteiger partial charge < -0.3 is 20.9 Å². The number of rotatable bonds is 4. The molecule has 1 aliphatic heterocycles. The van der Waals surface area contributed by atoms with Crippen LogP contribution < -0.4 is 16.0 Å². The molecule has 0 aromatic carbocycles. The van der Waals surface area contributed by atoms with Crippen molar-refractivity contribution in [3.8, 4) is 0 Å². The van der Waals surface area contributed by atoms with Crippen LogP contribution >= 0.6 is 0 Å². The lowest BCUT2D eigenvalue weighted by Gasteiger charge is -2.33. The number of nitrogens with two attached hydrogens (primary N) is 1. The molecule has 0 atom stereocenters. The first-order valence-electron chi connectivity index (χ1n) is 7.54. The van der Waals surface area contributed by atoms with Crippen LogP contribution in [0, 0.1) is 0 Å². The first-order valence-corrected chi connectivity index (χ1v) is 7.54. The van der Waals surface area contributed by atoms with Gasteiger partial charge in [-0.3, -0.25) is 4.98 Å². The number of nitrogens with zero attached hydrogens (tertiary/aromatic N) is 4. The molecule has 0 radical (unpaired) electrons. The molecule has 6 heteroatoms. The molecule has 2 aromatic heterocycles. The van der Waals surface area contributed by atoms with Crippen LogP contribution in [0.1, 0.15) is 5.56 Å². The number of anilines is 3. The highest BCUT2D eigenvalue weighted by Gasteiger charge is 2.16. The molecule has 0 amide bonds. The smallest absolute Gasteiger partial charge is 0.130 e. The van der Waals surface area contributed by atoms with E-state index in [1.54, 1.807) is 12.4 Å². The lowest BCUT2D eigenvalue weighted by molar-refractivity contribution is 0.312. The van der Waals surface area contributed by atoms with Gasteiger partial charge in [0.1, 0.15) is 5.82 Å². The van der Waals surface area contributed by atoms with Crippen molar-refractivity contribution in [2.45, 2.75) is 6.54 Å². The van der Waals surface area contributed by atoms with Crippen LogP contribution in [0.15, 0.2) is 36.8 Å². The third kappa shape index (κ3) is 3.46. The van der Waals surface area contributed by atoms with Crippen LogP contribution in [0.4, 0.5) is 17.2 Å². The highest BCUT2D eigenvalue weighted by molar-refractivity contribution is 5.69. The second-order valence-electron chi connectivity index (χ2n) is 5.63. The van der Waals surface area contributed by atoms with Crippen molar-refractivity contribution in [2.75, 3.05) is 49.2 Å². The highest BCUT2D eigenvalue weighted by Crippen LogP contribution is 2.24. The van der Waals surface area contributed by atoms with E-state index in [-0.39, 0.29) is 0 Å². The monoisotopic (exact) mass is 298 g/mol. The predicted molar refractivity (Wildman–Crippen MR) is 89.9 cm³/mol. The van der Waals surface area contributed by atoms with Crippen LogP contribution in [0.5, 0.6) is 0 Å². The van der Waals surface area contributed by atoms with Gasteiger partial charge in [0.15, 0.2) is 0 Å². The summed E-state index contributed by atoms with van der Waals surface area (Å²) >= 11 is 0. The summed E-state index contributed by atoms with van der Waals surface area (Å²) < 4.78 is 0. The fourth-order valence-electron chi connectivity index (χ4n) is 2.52. The van der Waals surface area contributed by atoms with Crippen molar-refractivity contribution in [3.63, 3.8) is 0 Å². The molecule has 3 heterocycles. The molecule has 0 saturated carbocycles. The van der Waals surface area contributed by atoms with E-state index in [9.17, 15) is 0 Å². The molecule has 0 aliphatic carbocycles. The average molecular weight is 298 g/mol. The number of nitrogen functional groups attached to an aromatic ring is 1. The molecule has 0 spiro atoms. The van der Waals surface area contributed by atoms with Gasteiger partial charge in [0.05, 0.1) is 17.6 Å². The topological polar surface area (TPSA) is 70.3 Å². The molecule has 1 aliphatic rings. The summed E-state index contributed by atoms with van der Waals surface area (Å²) in [6, 6.07) is 6.01. The molecule has 2 aromatic rings. The zero-order chi connectivity index (χ0) is 15.4. The Hall–Kier alpha value is -2.34. The van der Waals surface area contributed by atoms with Crippen LogP contribution in [0.3, 0.4) is 0 Å². The fourth-order valence-corrected chi connectivity index (χ4v) is 2.52. The molecule has 0 bridgehead atoms. The number of aromatic nitrogens is 2. The minimum absolute atomic E-state index is 0.668. The van der Waals surface area contributed by atoms with Crippen molar-refractivity contribution in [1.82, 2.24) is 14.9 Å². The van der Waals surface area contributed by atoms with Gasteiger partial charge in [-0.2, -0.15) is 0 Å². The Morgan fingerprint density at radius 3 is 2.77 bits per heavy atom. The maximum Gasteiger partial charge on any atom is 0.130 e. The average Bonchev–Trinajstić information content (AvgIpc) is 2.56. The first kappa shape index (κ1) is 14.6. The molecule has 3 N–H and O–H groups in total. The van der Waals surface area contributed by atoms with Gasteiger partial charge in [-0.05, 0) is 18.7 Å². The molecule has 6 nitrogen and oxygen atoms in total. The number of piperazine rings is 1. The zero-order valence-corrected chi connectivity index (χ0v) is 12.9. The van der Waals surface area contributed by atoms with Crippen molar-refractivity contribution < 1.29 is 0 Å². The lowest BCUT2D eigenvalue weighted by Crippen LogP contribution is -2.44. The number of pyridine rings is 2. The van der Waals surface area contributed by atoms with E-state index in [0.29, 0.717) is 12.2 Å². The molecular formula is C16H22N6. The molecule has 22 heavy (non-hydrogen) atoms. The first-order chi connectivity index (χ1) is 10.7. The Kier molecular flexibility index (Phi) is 4.39. The summed E-state index contributed by atoms with van der Waals surface area (Å²) in [5.41, 5.74) is 8.75. The van der Waals surface area contributed by atoms with Gasteiger partial charge >= 0.3 is 0 Å². The minimum Gasteiger partial charge on any atom is -0.396 e. The predicted octanol–water partition coefficient (Wildman–Crippen LogP) is 1.42. The van der Waals surface area contributed by atoms with Crippen molar-refractivity contribution >= 4 is 17.2 Å². The summed E-state index contributed by atoms with van der Waals surface area (Å²) in [6.07, 6.45) is 5.36. The summed E-state index contributed by atoms with van der Waals surface area (Å²) in [7, 11) is 2.15. The van der Waals surface area contributed by atoms with E-state index in [1.165, 1.54) is 0 Å². The van der Waals surface area contributed by atoms with Crippen LogP contribution in [0.2, 0.25) is 0 Å². The SMILES string of the molecule is CN1CCN(c2cc(NCc3cccnc3)c(N)cn2)CC1. The third-order valence-electron chi connectivity index (χ3n) is 3.95.